The Bertz CT molecular complexity index is 1070. The maximum atomic E-state index is 12.7. The second kappa shape index (κ2) is 6.72. The van der Waals surface area contributed by atoms with Gasteiger partial charge in [0.25, 0.3) is 0 Å². The van der Waals surface area contributed by atoms with E-state index in [9.17, 15) is 13.2 Å². The Morgan fingerprint density at radius 1 is 1.08 bits per heavy atom. The van der Waals surface area contributed by atoms with Crippen LogP contribution in [0.3, 0.4) is 0 Å². The van der Waals surface area contributed by atoms with Gasteiger partial charge >= 0.3 is 15.7 Å². The predicted molar refractivity (Wildman–Crippen MR) is 95.4 cm³/mol. The minimum absolute atomic E-state index is 0.00723. The van der Waals surface area contributed by atoms with Gasteiger partial charge in [-0.25, -0.2) is 4.79 Å². The summed E-state index contributed by atoms with van der Waals surface area (Å²) < 4.78 is 35.7. The molecule has 0 bridgehead atoms. The van der Waals surface area contributed by atoms with Gasteiger partial charge in [0.2, 0.25) is 0 Å². The molecule has 0 amide bonds. The lowest BCUT2D eigenvalue weighted by Crippen LogP contribution is -2.11. The van der Waals surface area contributed by atoms with Gasteiger partial charge in [0.15, 0.2) is 0 Å². The van der Waals surface area contributed by atoms with E-state index in [2.05, 4.69) is 0 Å². The molecule has 0 unspecified atom stereocenters. The van der Waals surface area contributed by atoms with Crippen molar-refractivity contribution in [1.29, 1.82) is 0 Å². The highest BCUT2D eigenvalue weighted by molar-refractivity contribution is 7.87. The number of fused-ring (bicyclic) bond motifs is 1. The fourth-order valence-electron chi connectivity index (χ4n) is 2.56. The third kappa shape index (κ3) is 3.58. The molecule has 0 N–H and O–H groups in total. The maximum absolute atomic E-state index is 12.7. The van der Waals surface area contributed by atoms with Crippen LogP contribution in [0.1, 0.15) is 31.7 Å². The topological polar surface area (TPSA) is 73.6 Å². The van der Waals surface area contributed by atoms with Gasteiger partial charge in [-0.3, -0.25) is 0 Å². The zero-order chi connectivity index (χ0) is 18.0. The summed E-state index contributed by atoms with van der Waals surface area (Å²) in [6.07, 6.45) is 0.870. The van der Waals surface area contributed by atoms with Crippen molar-refractivity contribution in [3.63, 3.8) is 0 Å². The molecule has 1 atom stereocenters. The lowest BCUT2D eigenvalue weighted by Gasteiger charge is -2.15. The second-order valence-corrected chi connectivity index (χ2v) is 7.38. The molecule has 0 radical (unpaired) electrons. The largest absolute Gasteiger partial charge is 0.423 e. The Kier molecular flexibility index (Phi) is 4.63. The summed E-state index contributed by atoms with van der Waals surface area (Å²) in [6.45, 7) is 4.06. The summed E-state index contributed by atoms with van der Waals surface area (Å²) in [7, 11) is -4.00. The van der Waals surface area contributed by atoms with Crippen molar-refractivity contribution in [2.45, 2.75) is 31.1 Å². The lowest BCUT2D eigenvalue weighted by atomic mass is 9.98. The summed E-state index contributed by atoms with van der Waals surface area (Å²) in [5.41, 5.74) is 0.689. The van der Waals surface area contributed by atoms with Crippen molar-refractivity contribution in [3.8, 4) is 5.75 Å². The van der Waals surface area contributed by atoms with E-state index in [0.717, 1.165) is 12.0 Å². The van der Waals surface area contributed by atoms with Crippen molar-refractivity contribution in [3.05, 3.63) is 70.6 Å². The number of benzene rings is 2. The van der Waals surface area contributed by atoms with Gasteiger partial charge in [-0.15, -0.1) is 0 Å². The monoisotopic (exact) mass is 358 g/mol. The molecule has 130 valence electrons. The summed E-state index contributed by atoms with van der Waals surface area (Å²) in [6, 6.07) is 14.1. The smallest absolute Gasteiger partial charge is 0.339 e. The molecule has 6 heteroatoms. The zero-order valence-electron chi connectivity index (χ0n) is 13.9. The van der Waals surface area contributed by atoms with E-state index in [1.807, 2.05) is 26.0 Å². The van der Waals surface area contributed by atoms with Crippen LogP contribution in [0.25, 0.3) is 11.0 Å². The molecular weight excluding hydrogens is 340 g/mol. The summed E-state index contributed by atoms with van der Waals surface area (Å²) in [5, 5.41) is 0.513. The highest BCUT2D eigenvalue weighted by Gasteiger charge is 2.20. The third-order valence-corrected chi connectivity index (χ3v) is 5.37. The molecule has 0 aliphatic heterocycles. The minimum Gasteiger partial charge on any atom is -0.423 e. The first-order chi connectivity index (χ1) is 11.9. The molecule has 3 aromatic rings. The SMILES string of the molecule is CC[C@H](C)c1ccccc1OS(=O)(=O)c1ccc2oc(=O)ccc2c1. The first-order valence-electron chi connectivity index (χ1n) is 7.98. The average Bonchev–Trinajstić information content (AvgIpc) is 2.60. The van der Waals surface area contributed by atoms with Crippen LogP contribution in [-0.4, -0.2) is 8.42 Å². The van der Waals surface area contributed by atoms with Crippen LogP contribution in [0.4, 0.5) is 0 Å². The van der Waals surface area contributed by atoms with Crippen LogP contribution in [0.5, 0.6) is 5.75 Å². The standard InChI is InChI=1S/C19H18O5S/c1-3-13(2)16-6-4-5-7-18(16)24-25(21,22)15-9-10-17-14(12-15)8-11-19(20)23-17/h4-13H,3H2,1-2H3/t13-/m0/s1. The van der Waals surface area contributed by atoms with Crippen LogP contribution >= 0.6 is 0 Å². The van der Waals surface area contributed by atoms with Gasteiger partial charge in [-0.1, -0.05) is 32.0 Å². The number of hydrogen-bond acceptors (Lipinski definition) is 5. The molecule has 1 aromatic heterocycles. The first kappa shape index (κ1) is 17.2. The molecule has 0 aliphatic rings. The molecule has 0 saturated carbocycles. The number of rotatable bonds is 5. The van der Waals surface area contributed by atoms with Gasteiger partial charge < -0.3 is 8.60 Å². The van der Waals surface area contributed by atoms with Crippen LogP contribution in [0, 0.1) is 0 Å². The normalized spacial score (nSPS) is 12.9. The molecule has 0 aliphatic carbocycles. The molecule has 3 rings (SSSR count). The van der Waals surface area contributed by atoms with E-state index in [4.69, 9.17) is 8.60 Å². The highest BCUT2D eigenvalue weighted by Crippen LogP contribution is 2.31. The van der Waals surface area contributed by atoms with Crippen molar-refractivity contribution >= 4 is 21.1 Å². The fraction of sp³-hybridized carbons (Fsp3) is 0.211. The predicted octanol–water partition coefficient (Wildman–Crippen LogP) is 4.07. The Labute approximate surface area is 146 Å². The van der Waals surface area contributed by atoms with Gasteiger partial charge in [-0.2, -0.15) is 8.42 Å². The van der Waals surface area contributed by atoms with Crippen molar-refractivity contribution < 1.29 is 17.0 Å². The fourth-order valence-corrected chi connectivity index (χ4v) is 3.55. The minimum atomic E-state index is -4.00. The average molecular weight is 358 g/mol. The van der Waals surface area contributed by atoms with Crippen molar-refractivity contribution in [2.75, 3.05) is 0 Å². The molecule has 0 spiro atoms. The molecule has 25 heavy (non-hydrogen) atoms. The Balaban J connectivity index is 2.00. The molecule has 2 aromatic carbocycles. The first-order valence-corrected chi connectivity index (χ1v) is 9.39. The maximum Gasteiger partial charge on any atom is 0.339 e. The Morgan fingerprint density at radius 2 is 1.84 bits per heavy atom. The quantitative estimate of drug-likeness (QED) is 0.508. The van der Waals surface area contributed by atoms with E-state index >= 15 is 0 Å². The number of para-hydroxylation sites is 1. The third-order valence-electron chi connectivity index (χ3n) is 4.14. The van der Waals surface area contributed by atoms with Crippen molar-refractivity contribution in [2.24, 2.45) is 0 Å². The van der Waals surface area contributed by atoms with Gasteiger partial charge in [0.05, 0.1) is 0 Å². The van der Waals surface area contributed by atoms with Crippen LogP contribution in [0.15, 0.2) is 68.7 Å². The summed E-state index contributed by atoms with van der Waals surface area (Å²) in [5.74, 6) is 0.508. The van der Waals surface area contributed by atoms with Gasteiger partial charge in [-0.05, 0) is 48.2 Å². The van der Waals surface area contributed by atoms with Crippen LogP contribution in [-0.2, 0) is 10.1 Å². The van der Waals surface area contributed by atoms with Crippen molar-refractivity contribution in [1.82, 2.24) is 0 Å². The number of hydrogen-bond donors (Lipinski definition) is 0. The second-order valence-electron chi connectivity index (χ2n) is 5.84. The van der Waals surface area contributed by atoms with Gasteiger partial charge in [0.1, 0.15) is 16.2 Å². The van der Waals surface area contributed by atoms with E-state index in [0.29, 0.717) is 16.7 Å². The van der Waals surface area contributed by atoms with Crippen LogP contribution in [0.2, 0.25) is 0 Å². The molecule has 0 saturated heterocycles. The Morgan fingerprint density at radius 3 is 2.60 bits per heavy atom. The van der Waals surface area contributed by atoms with Crippen LogP contribution < -0.4 is 9.81 Å². The molecular formula is C19H18O5S. The molecule has 5 nitrogen and oxygen atoms in total. The summed E-state index contributed by atoms with van der Waals surface area (Å²) in [4.78, 5) is 11.2. The van der Waals surface area contributed by atoms with Gasteiger partial charge in [0, 0.05) is 11.5 Å². The zero-order valence-corrected chi connectivity index (χ0v) is 14.7. The van der Waals surface area contributed by atoms with E-state index < -0.39 is 15.7 Å². The van der Waals surface area contributed by atoms with E-state index in [-0.39, 0.29) is 10.8 Å². The highest BCUT2D eigenvalue weighted by atomic mass is 32.2. The Hall–Kier alpha value is -2.60. The lowest BCUT2D eigenvalue weighted by molar-refractivity contribution is 0.479. The summed E-state index contributed by atoms with van der Waals surface area (Å²) >= 11 is 0. The van der Waals surface area contributed by atoms with E-state index in [1.54, 1.807) is 12.1 Å². The molecule has 0 fully saturated rings. The van der Waals surface area contributed by atoms with E-state index in [1.165, 1.54) is 30.3 Å². The molecule has 1 heterocycles.